The van der Waals surface area contributed by atoms with Crippen molar-refractivity contribution in [3.05, 3.63) is 12.2 Å². The Morgan fingerprint density at radius 1 is 1.00 bits per heavy atom. The molecule has 1 saturated carbocycles. The summed E-state index contributed by atoms with van der Waals surface area (Å²) in [4.78, 5) is 32.3. The van der Waals surface area contributed by atoms with Crippen LogP contribution in [0.5, 0.6) is 0 Å². The first kappa shape index (κ1) is 14.4. The zero-order valence-electron chi connectivity index (χ0n) is 10.2. The van der Waals surface area contributed by atoms with Crippen molar-refractivity contribution >= 4 is 17.7 Å². The lowest BCUT2D eigenvalue weighted by molar-refractivity contribution is -0.143. The lowest BCUT2D eigenvalue weighted by atomic mass is 9.80. The lowest BCUT2D eigenvalue weighted by Gasteiger charge is -2.25. The molecule has 1 aliphatic carbocycles. The molecule has 0 saturated heterocycles. The Kier molecular flexibility index (Phi) is 5.55. The highest BCUT2D eigenvalue weighted by Gasteiger charge is 2.25. The molecule has 18 heavy (non-hydrogen) atoms. The second kappa shape index (κ2) is 6.93. The van der Waals surface area contributed by atoms with Gasteiger partial charge in [0.25, 0.3) is 0 Å². The Bertz CT molecular complexity index is 350. The maximum absolute atomic E-state index is 11.3. The van der Waals surface area contributed by atoms with Gasteiger partial charge in [-0.15, -0.1) is 0 Å². The second-order valence-electron chi connectivity index (χ2n) is 4.73. The summed E-state index contributed by atoms with van der Waals surface area (Å²) in [5.74, 6) is -1.87. The van der Waals surface area contributed by atoms with Crippen molar-refractivity contribution < 1.29 is 24.6 Å². The summed E-state index contributed by atoms with van der Waals surface area (Å²) in [5, 5.41) is 17.2. The third-order valence-electron chi connectivity index (χ3n) is 3.41. The van der Waals surface area contributed by atoms with Gasteiger partial charge in [-0.3, -0.25) is 9.59 Å². The van der Waals surface area contributed by atoms with Gasteiger partial charge in [0.05, 0.1) is 5.92 Å². The van der Waals surface area contributed by atoms with Crippen LogP contribution in [0.2, 0.25) is 0 Å². The van der Waals surface area contributed by atoms with E-state index >= 15 is 0 Å². The number of carboxylic acid groups (broad SMARTS) is 2. The van der Waals surface area contributed by atoms with E-state index in [0.717, 1.165) is 31.4 Å². The van der Waals surface area contributed by atoms with Gasteiger partial charge >= 0.3 is 11.9 Å². The predicted octanol–water partition coefficient (Wildman–Crippen LogP) is 1.87. The molecule has 0 aromatic carbocycles. The van der Waals surface area contributed by atoms with Gasteiger partial charge < -0.3 is 10.2 Å². The molecule has 1 aliphatic rings. The number of aliphatic carboxylic acids is 2. The van der Waals surface area contributed by atoms with Gasteiger partial charge in [-0.1, -0.05) is 0 Å². The van der Waals surface area contributed by atoms with Crippen molar-refractivity contribution in [2.24, 2.45) is 11.8 Å². The highest BCUT2D eigenvalue weighted by Crippen LogP contribution is 2.31. The Labute approximate surface area is 105 Å². The summed E-state index contributed by atoms with van der Waals surface area (Å²) < 4.78 is 0. The van der Waals surface area contributed by atoms with Crippen molar-refractivity contribution in [3.8, 4) is 0 Å². The third-order valence-corrected chi connectivity index (χ3v) is 3.41. The van der Waals surface area contributed by atoms with Gasteiger partial charge in [-0.25, -0.2) is 4.79 Å². The fourth-order valence-electron chi connectivity index (χ4n) is 2.29. The summed E-state index contributed by atoms with van der Waals surface area (Å²) in [7, 11) is 0. The monoisotopic (exact) mass is 254 g/mol. The van der Waals surface area contributed by atoms with Crippen LogP contribution in [0.15, 0.2) is 12.2 Å². The van der Waals surface area contributed by atoms with Crippen LogP contribution in [0, 0.1) is 11.8 Å². The van der Waals surface area contributed by atoms with E-state index in [-0.39, 0.29) is 11.7 Å². The molecule has 0 bridgehead atoms. The van der Waals surface area contributed by atoms with Gasteiger partial charge in [0.2, 0.25) is 0 Å². The molecule has 1 rings (SSSR count). The molecule has 1 fully saturated rings. The Morgan fingerprint density at radius 2 is 1.61 bits per heavy atom. The molecule has 0 atom stereocenters. The number of hydrogen-bond donors (Lipinski definition) is 2. The lowest BCUT2D eigenvalue weighted by Crippen LogP contribution is -2.21. The van der Waals surface area contributed by atoms with Crippen LogP contribution < -0.4 is 0 Å². The molecule has 0 unspecified atom stereocenters. The fourth-order valence-corrected chi connectivity index (χ4v) is 2.29. The molecular formula is C13H18O5. The molecule has 0 spiro atoms. The van der Waals surface area contributed by atoms with E-state index in [4.69, 9.17) is 10.2 Å². The zero-order chi connectivity index (χ0) is 13.5. The normalized spacial score (nSPS) is 24.0. The van der Waals surface area contributed by atoms with Gasteiger partial charge in [0.1, 0.15) is 0 Å². The minimum Gasteiger partial charge on any atom is -0.481 e. The standard InChI is InChI=1S/C13H18O5/c14-11(7-8-12(15)16)6-3-9-1-4-10(5-2-9)13(17)18/h7-10H,1-6H2,(H,15,16)(H,17,18)/b8-7-. The molecule has 100 valence electrons. The molecular weight excluding hydrogens is 236 g/mol. The maximum atomic E-state index is 11.3. The quantitative estimate of drug-likeness (QED) is 0.706. The van der Waals surface area contributed by atoms with Crippen molar-refractivity contribution in [3.63, 3.8) is 0 Å². The van der Waals surface area contributed by atoms with Crippen molar-refractivity contribution in [1.82, 2.24) is 0 Å². The average molecular weight is 254 g/mol. The van der Waals surface area contributed by atoms with Crippen LogP contribution in [0.25, 0.3) is 0 Å². The predicted molar refractivity (Wildman–Crippen MR) is 64.1 cm³/mol. The van der Waals surface area contributed by atoms with Gasteiger partial charge in [0.15, 0.2) is 5.78 Å². The number of ketones is 1. The Morgan fingerprint density at radius 3 is 2.11 bits per heavy atom. The molecule has 0 heterocycles. The molecule has 0 radical (unpaired) electrons. The Balaban J connectivity index is 2.23. The molecule has 0 aromatic rings. The number of carbonyl (C=O) groups excluding carboxylic acids is 1. The van der Waals surface area contributed by atoms with Gasteiger partial charge in [-0.05, 0) is 44.1 Å². The fraction of sp³-hybridized carbons (Fsp3) is 0.615. The molecule has 5 nitrogen and oxygen atoms in total. The summed E-state index contributed by atoms with van der Waals surface area (Å²) in [6.07, 6.45) is 6.04. The summed E-state index contributed by atoms with van der Waals surface area (Å²) in [6, 6.07) is 0. The minimum absolute atomic E-state index is 0.183. The first-order valence-electron chi connectivity index (χ1n) is 6.15. The average Bonchev–Trinajstić information content (AvgIpc) is 2.34. The van der Waals surface area contributed by atoms with Gasteiger partial charge in [0, 0.05) is 12.5 Å². The smallest absolute Gasteiger partial charge is 0.328 e. The highest BCUT2D eigenvalue weighted by atomic mass is 16.4. The number of allylic oxidation sites excluding steroid dienone is 1. The van der Waals surface area contributed by atoms with E-state index in [1.54, 1.807) is 0 Å². The highest BCUT2D eigenvalue weighted by molar-refractivity contribution is 5.95. The van der Waals surface area contributed by atoms with Crippen LogP contribution in [0.1, 0.15) is 38.5 Å². The summed E-state index contributed by atoms with van der Waals surface area (Å²) in [5.41, 5.74) is 0. The van der Waals surface area contributed by atoms with E-state index in [9.17, 15) is 14.4 Å². The zero-order valence-corrected chi connectivity index (χ0v) is 10.2. The van der Waals surface area contributed by atoms with Gasteiger partial charge in [-0.2, -0.15) is 0 Å². The van der Waals surface area contributed by atoms with Crippen LogP contribution in [-0.2, 0) is 14.4 Å². The van der Waals surface area contributed by atoms with E-state index in [2.05, 4.69) is 0 Å². The molecule has 5 heteroatoms. The number of hydrogen-bond acceptors (Lipinski definition) is 3. The summed E-state index contributed by atoms with van der Waals surface area (Å²) in [6.45, 7) is 0. The van der Waals surface area contributed by atoms with E-state index in [1.807, 2.05) is 0 Å². The number of carboxylic acids is 2. The van der Waals surface area contributed by atoms with Crippen molar-refractivity contribution in [2.45, 2.75) is 38.5 Å². The van der Waals surface area contributed by atoms with Crippen LogP contribution in [0.3, 0.4) is 0 Å². The number of rotatable bonds is 6. The third kappa shape index (κ3) is 5.12. The molecule has 0 amide bonds. The Hall–Kier alpha value is -1.65. The van der Waals surface area contributed by atoms with Crippen molar-refractivity contribution in [1.29, 1.82) is 0 Å². The largest absolute Gasteiger partial charge is 0.481 e. The SMILES string of the molecule is O=C(O)/C=C\C(=O)CCC1CCC(C(=O)O)CC1. The number of carbonyl (C=O) groups is 3. The summed E-state index contributed by atoms with van der Waals surface area (Å²) >= 11 is 0. The van der Waals surface area contributed by atoms with Crippen LogP contribution in [0.4, 0.5) is 0 Å². The van der Waals surface area contributed by atoms with E-state index in [1.165, 1.54) is 0 Å². The van der Waals surface area contributed by atoms with Crippen molar-refractivity contribution in [2.75, 3.05) is 0 Å². The van der Waals surface area contributed by atoms with E-state index < -0.39 is 11.9 Å². The van der Waals surface area contributed by atoms with Crippen LogP contribution >= 0.6 is 0 Å². The molecule has 0 aromatic heterocycles. The first-order chi connectivity index (χ1) is 8.49. The maximum Gasteiger partial charge on any atom is 0.328 e. The topological polar surface area (TPSA) is 91.7 Å². The van der Waals surface area contributed by atoms with Crippen LogP contribution in [-0.4, -0.2) is 27.9 Å². The minimum atomic E-state index is -1.12. The molecule has 0 aliphatic heterocycles. The first-order valence-corrected chi connectivity index (χ1v) is 6.15. The second-order valence-corrected chi connectivity index (χ2v) is 4.73. The van der Waals surface area contributed by atoms with E-state index in [0.29, 0.717) is 25.2 Å². The molecule has 2 N–H and O–H groups in total.